The third kappa shape index (κ3) is 3.51. The molecule has 104 valence electrons. The van der Waals surface area contributed by atoms with E-state index in [9.17, 15) is 14.0 Å². The molecule has 0 spiro atoms. The van der Waals surface area contributed by atoms with Gasteiger partial charge in [0.1, 0.15) is 5.82 Å². The van der Waals surface area contributed by atoms with E-state index in [0.29, 0.717) is 5.69 Å². The van der Waals surface area contributed by atoms with Gasteiger partial charge in [0, 0.05) is 11.3 Å². The Balaban J connectivity index is 2.15. The smallest absolute Gasteiger partial charge is 0.249 e. The molecule has 0 fully saturated rings. The van der Waals surface area contributed by atoms with Gasteiger partial charge in [0.25, 0.3) is 0 Å². The second-order valence-electron chi connectivity index (χ2n) is 4.29. The summed E-state index contributed by atoms with van der Waals surface area (Å²) in [7, 11) is 0. The van der Waals surface area contributed by atoms with Crippen LogP contribution in [0.25, 0.3) is 0 Å². The van der Waals surface area contributed by atoms with Gasteiger partial charge < -0.3 is 5.32 Å². The number of nitrogens with zero attached hydrogens (tertiary/aromatic N) is 1. The summed E-state index contributed by atoms with van der Waals surface area (Å²) in [4.78, 5) is 24.1. The second kappa shape index (κ2) is 6.44. The SMILES string of the molecule is N#C[C@H](C(=O)Nc1ccccc1)C(=O)c1ccc(F)cc1. The number of ketones is 1. The fourth-order valence-electron chi connectivity index (χ4n) is 1.75. The van der Waals surface area contributed by atoms with E-state index >= 15 is 0 Å². The fourth-order valence-corrected chi connectivity index (χ4v) is 1.75. The Morgan fingerprint density at radius 1 is 1.05 bits per heavy atom. The summed E-state index contributed by atoms with van der Waals surface area (Å²) in [6.45, 7) is 0. The van der Waals surface area contributed by atoms with Crippen LogP contribution in [0.2, 0.25) is 0 Å². The molecule has 0 saturated carbocycles. The third-order valence-corrected chi connectivity index (χ3v) is 2.82. The van der Waals surface area contributed by atoms with Gasteiger partial charge in [-0.3, -0.25) is 9.59 Å². The van der Waals surface area contributed by atoms with Crippen LogP contribution in [0.1, 0.15) is 10.4 Å². The first kappa shape index (κ1) is 14.4. The van der Waals surface area contributed by atoms with Gasteiger partial charge in [-0.05, 0) is 36.4 Å². The summed E-state index contributed by atoms with van der Waals surface area (Å²) in [5, 5.41) is 11.6. The second-order valence-corrected chi connectivity index (χ2v) is 4.29. The zero-order valence-corrected chi connectivity index (χ0v) is 10.9. The average molecular weight is 282 g/mol. The molecule has 1 atom stereocenters. The molecule has 1 amide bonds. The van der Waals surface area contributed by atoms with E-state index in [1.165, 1.54) is 12.1 Å². The maximum atomic E-state index is 12.8. The van der Waals surface area contributed by atoms with Crippen molar-refractivity contribution in [3.63, 3.8) is 0 Å². The highest BCUT2D eigenvalue weighted by Crippen LogP contribution is 2.13. The zero-order chi connectivity index (χ0) is 15.2. The van der Waals surface area contributed by atoms with Crippen LogP contribution in [-0.2, 0) is 4.79 Å². The number of nitriles is 1. The van der Waals surface area contributed by atoms with Crippen LogP contribution in [0.15, 0.2) is 54.6 Å². The van der Waals surface area contributed by atoms with Gasteiger partial charge >= 0.3 is 0 Å². The number of nitrogens with one attached hydrogen (secondary N) is 1. The Labute approximate surface area is 120 Å². The van der Waals surface area contributed by atoms with Gasteiger partial charge in [-0.25, -0.2) is 4.39 Å². The molecule has 5 heteroatoms. The van der Waals surface area contributed by atoms with Gasteiger partial charge in [-0.1, -0.05) is 18.2 Å². The van der Waals surface area contributed by atoms with Crippen molar-refractivity contribution >= 4 is 17.4 Å². The molecule has 0 radical (unpaired) electrons. The molecule has 2 aromatic rings. The number of rotatable bonds is 4. The molecule has 2 aromatic carbocycles. The fraction of sp³-hybridized carbons (Fsp3) is 0.0625. The van der Waals surface area contributed by atoms with Crippen LogP contribution in [0.5, 0.6) is 0 Å². The van der Waals surface area contributed by atoms with E-state index in [1.807, 2.05) is 0 Å². The number of carbonyl (C=O) groups is 2. The van der Waals surface area contributed by atoms with Crippen LogP contribution in [0, 0.1) is 23.1 Å². The summed E-state index contributed by atoms with van der Waals surface area (Å²) in [6, 6.07) is 14.9. The molecule has 0 bridgehead atoms. The first-order chi connectivity index (χ1) is 10.1. The number of anilines is 1. The quantitative estimate of drug-likeness (QED) is 0.692. The summed E-state index contributed by atoms with van der Waals surface area (Å²) in [6.07, 6.45) is 0. The predicted octanol–water partition coefficient (Wildman–Crippen LogP) is 2.79. The minimum Gasteiger partial charge on any atom is -0.325 e. The molecule has 1 N–H and O–H groups in total. The summed E-state index contributed by atoms with van der Waals surface area (Å²) < 4.78 is 12.8. The third-order valence-electron chi connectivity index (χ3n) is 2.82. The van der Waals surface area contributed by atoms with Gasteiger partial charge in [-0.15, -0.1) is 0 Å². The topological polar surface area (TPSA) is 70.0 Å². The maximum absolute atomic E-state index is 12.8. The first-order valence-corrected chi connectivity index (χ1v) is 6.17. The summed E-state index contributed by atoms with van der Waals surface area (Å²) >= 11 is 0. The molecule has 0 aliphatic heterocycles. The van der Waals surface area contributed by atoms with Gasteiger partial charge in [-0.2, -0.15) is 5.26 Å². The van der Waals surface area contributed by atoms with E-state index in [1.54, 1.807) is 36.4 Å². The van der Waals surface area contributed by atoms with E-state index in [2.05, 4.69) is 5.32 Å². The highest BCUT2D eigenvalue weighted by molar-refractivity contribution is 6.15. The van der Waals surface area contributed by atoms with Crippen molar-refractivity contribution in [3.8, 4) is 6.07 Å². The number of Topliss-reactive ketones (excluding diaryl/α,β-unsaturated/α-hetero) is 1. The van der Waals surface area contributed by atoms with Crippen LogP contribution in [-0.4, -0.2) is 11.7 Å². The Morgan fingerprint density at radius 2 is 1.67 bits per heavy atom. The molecular formula is C16H11FN2O2. The lowest BCUT2D eigenvalue weighted by Crippen LogP contribution is -2.28. The van der Waals surface area contributed by atoms with Crippen molar-refractivity contribution in [1.82, 2.24) is 0 Å². The van der Waals surface area contributed by atoms with Crippen LogP contribution < -0.4 is 5.32 Å². The number of hydrogen-bond donors (Lipinski definition) is 1. The van der Waals surface area contributed by atoms with E-state index in [0.717, 1.165) is 12.1 Å². The molecule has 0 aromatic heterocycles. The number of halogens is 1. The maximum Gasteiger partial charge on any atom is 0.249 e. The summed E-state index contributed by atoms with van der Waals surface area (Å²) in [5.74, 6) is -3.34. The first-order valence-electron chi connectivity index (χ1n) is 6.17. The van der Waals surface area contributed by atoms with Crippen molar-refractivity contribution in [2.75, 3.05) is 5.32 Å². The monoisotopic (exact) mass is 282 g/mol. The molecule has 2 rings (SSSR count). The minimum atomic E-state index is -1.48. The lowest BCUT2D eigenvalue weighted by atomic mass is 9.98. The van der Waals surface area contributed by atoms with Gasteiger partial charge in [0.05, 0.1) is 6.07 Å². The van der Waals surface area contributed by atoms with Gasteiger partial charge in [0.2, 0.25) is 5.91 Å². The number of hydrogen-bond acceptors (Lipinski definition) is 3. The molecule has 0 aliphatic carbocycles. The van der Waals surface area contributed by atoms with Crippen LogP contribution in [0.4, 0.5) is 10.1 Å². The van der Waals surface area contributed by atoms with Crippen molar-refractivity contribution in [2.24, 2.45) is 5.92 Å². The number of amides is 1. The number of para-hydroxylation sites is 1. The Bertz CT molecular complexity index is 690. The highest BCUT2D eigenvalue weighted by atomic mass is 19.1. The van der Waals surface area contributed by atoms with Gasteiger partial charge in [0.15, 0.2) is 11.7 Å². The Morgan fingerprint density at radius 3 is 2.24 bits per heavy atom. The molecule has 0 unspecified atom stereocenters. The highest BCUT2D eigenvalue weighted by Gasteiger charge is 2.27. The standard InChI is InChI=1S/C16H11FN2O2/c17-12-8-6-11(7-9-12)15(20)14(10-18)16(21)19-13-4-2-1-3-5-13/h1-9,14H,(H,19,21)/t14-/m0/s1. The Kier molecular flexibility index (Phi) is 4.42. The van der Waals surface area contributed by atoms with Crippen molar-refractivity contribution in [3.05, 3.63) is 66.0 Å². The van der Waals surface area contributed by atoms with E-state index in [4.69, 9.17) is 5.26 Å². The van der Waals surface area contributed by atoms with E-state index in [-0.39, 0.29) is 5.56 Å². The zero-order valence-electron chi connectivity index (χ0n) is 10.9. The molecule has 4 nitrogen and oxygen atoms in total. The Hall–Kier alpha value is -3.00. The average Bonchev–Trinajstić information content (AvgIpc) is 2.49. The lowest BCUT2D eigenvalue weighted by Gasteiger charge is -2.09. The minimum absolute atomic E-state index is 0.117. The summed E-state index contributed by atoms with van der Waals surface area (Å²) in [5.41, 5.74) is 0.612. The number of benzene rings is 2. The van der Waals surface area contributed by atoms with Crippen molar-refractivity contribution in [1.29, 1.82) is 5.26 Å². The molecular weight excluding hydrogens is 271 g/mol. The molecule has 0 saturated heterocycles. The largest absolute Gasteiger partial charge is 0.325 e. The molecule has 0 aliphatic rings. The normalized spacial score (nSPS) is 11.2. The van der Waals surface area contributed by atoms with Crippen LogP contribution >= 0.6 is 0 Å². The van der Waals surface area contributed by atoms with E-state index < -0.39 is 23.4 Å². The molecule has 21 heavy (non-hydrogen) atoms. The number of carbonyl (C=O) groups excluding carboxylic acids is 2. The van der Waals surface area contributed by atoms with Crippen molar-refractivity contribution in [2.45, 2.75) is 0 Å². The van der Waals surface area contributed by atoms with Crippen LogP contribution in [0.3, 0.4) is 0 Å². The molecule has 0 heterocycles. The van der Waals surface area contributed by atoms with Crippen molar-refractivity contribution < 1.29 is 14.0 Å². The predicted molar refractivity (Wildman–Crippen MR) is 74.9 cm³/mol. The lowest BCUT2D eigenvalue weighted by molar-refractivity contribution is -0.117.